The summed E-state index contributed by atoms with van der Waals surface area (Å²) in [6.07, 6.45) is 3.28. The molecule has 0 saturated carbocycles. The van der Waals surface area contributed by atoms with E-state index in [4.69, 9.17) is 0 Å². The summed E-state index contributed by atoms with van der Waals surface area (Å²) in [5, 5.41) is 0. The van der Waals surface area contributed by atoms with Crippen molar-refractivity contribution in [2.24, 2.45) is 4.99 Å². The fourth-order valence-electron chi connectivity index (χ4n) is 1.58. The normalized spacial score (nSPS) is 16.9. The maximum absolute atomic E-state index is 12.4. The number of aliphatic imine (C=N–C) groups is 1. The molecule has 0 heterocycles. The Labute approximate surface area is 108 Å². The Morgan fingerprint density at radius 3 is 2.32 bits per heavy atom. The van der Waals surface area contributed by atoms with Crippen molar-refractivity contribution in [2.75, 3.05) is 0 Å². The van der Waals surface area contributed by atoms with Gasteiger partial charge in [-0.05, 0) is 30.3 Å². The summed E-state index contributed by atoms with van der Waals surface area (Å²) in [6, 6.07) is 4.03. The molecule has 0 atom stereocenters. The first-order valence-corrected chi connectivity index (χ1v) is 5.59. The van der Waals surface area contributed by atoms with Crippen molar-refractivity contribution < 1.29 is 18.0 Å². The molecule has 0 spiro atoms. The summed E-state index contributed by atoms with van der Waals surface area (Å²) < 4.78 is 37.1. The van der Waals surface area contributed by atoms with Crippen LogP contribution in [-0.4, -0.2) is 11.6 Å². The standard InChI is InChI=1S/C14H10F3NO/c15-14(16,17)11-8-6-10(7-9-11)13(19)18-12-4-2-1-3-5-12/h1-4,6-9H,5H2. The van der Waals surface area contributed by atoms with Crippen molar-refractivity contribution in [1.29, 1.82) is 0 Å². The van der Waals surface area contributed by atoms with Gasteiger partial charge >= 0.3 is 6.18 Å². The van der Waals surface area contributed by atoms with Gasteiger partial charge in [0.25, 0.3) is 5.91 Å². The Kier molecular flexibility index (Phi) is 3.64. The van der Waals surface area contributed by atoms with E-state index >= 15 is 0 Å². The van der Waals surface area contributed by atoms with E-state index in [2.05, 4.69) is 4.99 Å². The van der Waals surface area contributed by atoms with Crippen LogP contribution in [0.2, 0.25) is 0 Å². The lowest BCUT2D eigenvalue weighted by atomic mass is 10.1. The lowest BCUT2D eigenvalue weighted by Crippen LogP contribution is -2.06. The molecule has 0 bridgehead atoms. The maximum atomic E-state index is 12.4. The van der Waals surface area contributed by atoms with Crippen LogP contribution in [0.1, 0.15) is 22.3 Å². The molecule has 1 aliphatic carbocycles. The highest BCUT2D eigenvalue weighted by atomic mass is 19.4. The van der Waals surface area contributed by atoms with Crippen LogP contribution in [0.3, 0.4) is 0 Å². The van der Waals surface area contributed by atoms with Gasteiger partial charge in [0.1, 0.15) is 0 Å². The molecule has 0 saturated heterocycles. The van der Waals surface area contributed by atoms with Crippen molar-refractivity contribution in [3.63, 3.8) is 0 Å². The first kappa shape index (κ1) is 13.3. The minimum atomic E-state index is -4.40. The number of halogens is 3. The van der Waals surface area contributed by atoms with Crippen molar-refractivity contribution in [3.8, 4) is 0 Å². The topological polar surface area (TPSA) is 29.4 Å². The first-order valence-electron chi connectivity index (χ1n) is 5.59. The van der Waals surface area contributed by atoms with Crippen LogP contribution >= 0.6 is 0 Å². The van der Waals surface area contributed by atoms with Crippen LogP contribution in [0, 0.1) is 0 Å². The Morgan fingerprint density at radius 1 is 1.11 bits per heavy atom. The number of alkyl halides is 3. The van der Waals surface area contributed by atoms with E-state index in [1.807, 2.05) is 12.2 Å². The predicted molar refractivity (Wildman–Crippen MR) is 66.1 cm³/mol. The summed E-state index contributed by atoms with van der Waals surface area (Å²) in [4.78, 5) is 15.6. The van der Waals surface area contributed by atoms with Crippen LogP contribution in [0.15, 0.2) is 53.6 Å². The minimum Gasteiger partial charge on any atom is -0.267 e. The van der Waals surface area contributed by atoms with Gasteiger partial charge in [-0.15, -0.1) is 0 Å². The van der Waals surface area contributed by atoms with Gasteiger partial charge in [-0.2, -0.15) is 13.2 Å². The number of allylic oxidation sites excluding steroid dienone is 4. The average Bonchev–Trinajstić information content (AvgIpc) is 2.39. The van der Waals surface area contributed by atoms with Gasteiger partial charge in [0, 0.05) is 17.7 Å². The second-order valence-corrected chi connectivity index (χ2v) is 3.97. The molecule has 1 aromatic rings. The highest BCUT2D eigenvalue weighted by Crippen LogP contribution is 2.29. The second kappa shape index (κ2) is 5.22. The summed E-state index contributed by atoms with van der Waals surface area (Å²) in [5.74, 6) is -0.538. The van der Waals surface area contributed by atoms with Crippen molar-refractivity contribution >= 4 is 11.6 Å². The van der Waals surface area contributed by atoms with Crippen LogP contribution in [0.5, 0.6) is 0 Å². The van der Waals surface area contributed by atoms with Crippen molar-refractivity contribution in [3.05, 3.63) is 59.7 Å². The molecule has 0 aromatic heterocycles. The van der Waals surface area contributed by atoms with Crippen molar-refractivity contribution in [2.45, 2.75) is 12.6 Å². The Bertz CT molecular complexity index is 565. The maximum Gasteiger partial charge on any atom is 0.416 e. The molecular weight excluding hydrogens is 255 g/mol. The number of carbonyl (C=O) groups is 1. The third kappa shape index (κ3) is 3.40. The lowest BCUT2D eigenvalue weighted by molar-refractivity contribution is -0.137. The molecular formula is C14H10F3NO. The van der Waals surface area contributed by atoms with E-state index < -0.39 is 17.6 Å². The zero-order chi connectivity index (χ0) is 13.9. The van der Waals surface area contributed by atoms with Gasteiger partial charge in [0.05, 0.1) is 5.56 Å². The first-order chi connectivity index (χ1) is 8.97. The SMILES string of the molecule is O=C(N=C1C=CC=CC1)c1ccc(C(F)(F)F)cc1. The van der Waals surface area contributed by atoms with Gasteiger partial charge in [0.2, 0.25) is 0 Å². The molecule has 1 aliphatic rings. The van der Waals surface area contributed by atoms with Crippen molar-refractivity contribution in [1.82, 2.24) is 0 Å². The number of nitrogens with zero attached hydrogens (tertiary/aromatic N) is 1. The number of amides is 1. The van der Waals surface area contributed by atoms with E-state index in [1.165, 1.54) is 0 Å². The molecule has 1 aromatic carbocycles. The Balaban J connectivity index is 2.16. The third-order valence-corrected chi connectivity index (χ3v) is 2.57. The van der Waals surface area contributed by atoms with Crippen LogP contribution in [0.25, 0.3) is 0 Å². The van der Waals surface area contributed by atoms with E-state index in [-0.39, 0.29) is 5.56 Å². The molecule has 5 heteroatoms. The minimum absolute atomic E-state index is 0.142. The smallest absolute Gasteiger partial charge is 0.267 e. The average molecular weight is 265 g/mol. The lowest BCUT2D eigenvalue weighted by Gasteiger charge is -2.06. The highest BCUT2D eigenvalue weighted by molar-refractivity contribution is 6.08. The zero-order valence-electron chi connectivity index (χ0n) is 9.82. The summed E-state index contributed by atoms with van der Waals surface area (Å²) in [7, 11) is 0. The third-order valence-electron chi connectivity index (χ3n) is 2.57. The number of benzene rings is 1. The molecule has 0 aliphatic heterocycles. The highest BCUT2D eigenvalue weighted by Gasteiger charge is 2.30. The summed E-state index contributed by atoms with van der Waals surface area (Å²) in [6.45, 7) is 0. The molecule has 2 rings (SSSR count). The molecule has 1 amide bonds. The van der Waals surface area contributed by atoms with Crippen LogP contribution < -0.4 is 0 Å². The predicted octanol–water partition coefficient (Wildman–Crippen LogP) is 3.80. The molecule has 19 heavy (non-hydrogen) atoms. The fraction of sp³-hybridized carbons (Fsp3) is 0.143. The zero-order valence-corrected chi connectivity index (χ0v) is 9.82. The molecule has 0 unspecified atom stereocenters. The van der Waals surface area contributed by atoms with E-state index in [1.54, 1.807) is 12.2 Å². The van der Waals surface area contributed by atoms with Gasteiger partial charge in [-0.1, -0.05) is 18.2 Å². The Morgan fingerprint density at radius 2 is 1.79 bits per heavy atom. The van der Waals surface area contributed by atoms with Gasteiger partial charge in [-0.25, -0.2) is 4.99 Å². The van der Waals surface area contributed by atoms with E-state index in [0.29, 0.717) is 12.1 Å². The Hall–Kier alpha value is -2.17. The number of hydrogen-bond donors (Lipinski definition) is 0. The number of rotatable bonds is 1. The monoisotopic (exact) mass is 265 g/mol. The van der Waals surface area contributed by atoms with Crippen LogP contribution in [0.4, 0.5) is 13.2 Å². The van der Waals surface area contributed by atoms with Crippen LogP contribution in [-0.2, 0) is 6.18 Å². The molecule has 98 valence electrons. The number of carbonyl (C=O) groups excluding carboxylic acids is 1. The molecule has 2 nitrogen and oxygen atoms in total. The summed E-state index contributed by atoms with van der Waals surface area (Å²) in [5.41, 5.74) is -0.0481. The molecule has 0 fully saturated rings. The van der Waals surface area contributed by atoms with Gasteiger partial charge in [-0.3, -0.25) is 4.79 Å². The van der Waals surface area contributed by atoms with E-state index in [0.717, 1.165) is 24.3 Å². The molecule has 0 N–H and O–H groups in total. The van der Waals surface area contributed by atoms with E-state index in [9.17, 15) is 18.0 Å². The fourth-order valence-corrected chi connectivity index (χ4v) is 1.58. The quantitative estimate of drug-likeness (QED) is 0.759. The summed E-state index contributed by atoms with van der Waals surface area (Å²) >= 11 is 0. The largest absolute Gasteiger partial charge is 0.416 e. The van der Waals surface area contributed by atoms with Gasteiger partial charge < -0.3 is 0 Å². The molecule has 0 radical (unpaired) electrons. The second-order valence-electron chi connectivity index (χ2n) is 3.97. The van der Waals surface area contributed by atoms with Gasteiger partial charge in [0.15, 0.2) is 0 Å². The number of hydrogen-bond acceptors (Lipinski definition) is 1.